The van der Waals surface area contributed by atoms with E-state index < -0.39 is 15.8 Å². The Morgan fingerprint density at radius 3 is 2.86 bits per heavy atom. The Hall–Kier alpha value is -1.20. The molecule has 0 aromatic heterocycles. The fraction of sp³-hybridized carbons (Fsp3) is 0.462. The molecule has 0 radical (unpaired) electrons. The summed E-state index contributed by atoms with van der Waals surface area (Å²) < 4.78 is 39.9. The molecule has 5 nitrogen and oxygen atoms in total. The van der Waals surface area contributed by atoms with Crippen molar-refractivity contribution < 1.29 is 12.8 Å². The third-order valence-electron chi connectivity index (χ3n) is 3.33. The van der Waals surface area contributed by atoms with E-state index in [1.54, 1.807) is 6.07 Å². The smallest absolute Gasteiger partial charge is 0.240 e. The van der Waals surface area contributed by atoms with E-state index in [1.165, 1.54) is 0 Å². The lowest BCUT2D eigenvalue weighted by Crippen LogP contribution is -2.38. The van der Waals surface area contributed by atoms with Crippen LogP contribution in [0.2, 0.25) is 0 Å². The van der Waals surface area contributed by atoms with Gasteiger partial charge in [0.25, 0.3) is 0 Å². The van der Waals surface area contributed by atoms with Crippen molar-refractivity contribution in [2.45, 2.75) is 17.7 Å². The van der Waals surface area contributed by atoms with Gasteiger partial charge in [-0.1, -0.05) is 0 Å². The molecule has 1 aromatic carbocycles. The predicted octanol–water partition coefficient (Wildman–Crippen LogP) is 1.40. The van der Waals surface area contributed by atoms with Gasteiger partial charge in [0.05, 0.1) is 10.5 Å². The van der Waals surface area contributed by atoms with E-state index in [0.29, 0.717) is 6.54 Å². The number of hydrogen-bond acceptors (Lipinski definition) is 4. The molecule has 0 spiro atoms. The number of piperidine rings is 1. The molecule has 0 saturated carbocycles. The van der Waals surface area contributed by atoms with E-state index in [-0.39, 0.29) is 28.8 Å². The van der Waals surface area contributed by atoms with Gasteiger partial charge in [0, 0.05) is 6.54 Å². The zero-order valence-corrected chi connectivity index (χ0v) is 12.9. The second kappa shape index (κ2) is 7.71. The highest BCUT2D eigenvalue weighted by Gasteiger charge is 2.19. The van der Waals surface area contributed by atoms with E-state index in [2.05, 4.69) is 10.0 Å². The molecule has 1 saturated heterocycles. The van der Waals surface area contributed by atoms with E-state index >= 15 is 0 Å². The summed E-state index contributed by atoms with van der Waals surface area (Å²) in [6.07, 6.45) is 2.00. The van der Waals surface area contributed by atoms with Crippen molar-refractivity contribution in [2.24, 2.45) is 5.92 Å². The van der Waals surface area contributed by atoms with Crippen LogP contribution in [0, 0.1) is 23.1 Å². The molecule has 1 fully saturated rings. The van der Waals surface area contributed by atoms with Crippen molar-refractivity contribution in [1.29, 1.82) is 5.26 Å². The second-order valence-corrected chi connectivity index (χ2v) is 6.58. The van der Waals surface area contributed by atoms with Gasteiger partial charge < -0.3 is 5.32 Å². The van der Waals surface area contributed by atoms with Gasteiger partial charge in [0.15, 0.2) is 0 Å². The zero-order valence-electron chi connectivity index (χ0n) is 11.3. The number of hydrogen-bond donors (Lipinski definition) is 2. The summed E-state index contributed by atoms with van der Waals surface area (Å²) >= 11 is 0. The van der Waals surface area contributed by atoms with Crippen molar-refractivity contribution in [2.75, 3.05) is 19.6 Å². The van der Waals surface area contributed by atoms with Crippen LogP contribution in [0.25, 0.3) is 0 Å². The van der Waals surface area contributed by atoms with Crippen LogP contribution in [-0.4, -0.2) is 28.1 Å². The third-order valence-corrected chi connectivity index (χ3v) is 4.75. The summed E-state index contributed by atoms with van der Waals surface area (Å²) in [6, 6.07) is 4.85. The maximum Gasteiger partial charge on any atom is 0.240 e. The van der Waals surface area contributed by atoms with Crippen LogP contribution in [0.1, 0.15) is 18.4 Å². The quantitative estimate of drug-likeness (QED) is 0.872. The Labute approximate surface area is 130 Å². The maximum absolute atomic E-state index is 13.2. The van der Waals surface area contributed by atoms with Crippen LogP contribution >= 0.6 is 12.4 Å². The van der Waals surface area contributed by atoms with E-state index in [1.807, 2.05) is 0 Å². The summed E-state index contributed by atoms with van der Waals surface area (Å²) in [5.41, 5.74) is -0.271. The molecule has 1 aliphatic heterocycles. The van der Waals surface area contributed by atoms with Gasteiger partial charge in [0.2, 0.25) is 10.0 Å². The Kier molecular flexibility index (Phi) is 6.55. The molecule has 21 heavy (non-hydrogen) atoms. The first-order valence-electron chi connectivity index (χ1n) is 6.43. The van der Waals surface area contributed by atoms with Crippen LogP contribution in [0.3, 0.4) is 0 Å². The van der Waals surface area contributed by atoms with Gasteiger partial charge in [-0.15, -0.1) is 12.4 Å². The van der Waals surface area contributed by atoms with Crippen molar-refractivity contribution in [1.82, 2.24) is 10.0 Å². The summed E-state index contributed by atoms with van der Waals surface area (Å²) in [5.74, 6) is -0.461. The molecule has 1 aromatic rings. The maximum atomic E-state index is 13.2. The minimum atomic E-state index is -3.70. The SMILES string of the molecule is Cl.N#Cc1cc(S(=O)(=O)NCC2CCCNC2)ccc1F. The molecule has 116 valence electrons. The zero-order chi connectivity index (χ0) is 14.6. The van der Waals surface area contributed by atoms with Crippen LogP contribution < -0.4 is 10.0 Å². The van der Waals surface area contributed by atoms with E-state index in [0.717, 1.165) is 44.1 Å². The van der Waals surface area contributed by atoms with Crippen molar-refractivity contribution >= 4 is 22.4 Å². The first-order chi connectivity index (χ1) is 9.53. The molecule has 2 N–H and O–H groups in total. The van der Waals surface area contributed by atoms with Crippen molar-refractivity contribution in [3.05, 3.63) is 29.6 Å². The number of nitriles is 1. The first kappa shape index (κ1) is 17.9. The van der Waals surface area contributed by atoms with Crippen LogP contribution in [0.15, 0.2) is 23.1 Å². The van der Waals surface area contributed by atoms with Crippen molar-refractivity contribution in [3.63, 3.8) is 0 Å². The largest absolute Gasteiger partial charge is 0.316 e. The fourth-order valence-corrected chi connectivity index (χ4v) is 3.31. The lowest BCUT2D eigenvalue weighted by Gasteiger charge is -2.22. The fourth-order valence-electron chi connectivity index (χ4n) is 2.17. The first-order valence-corrected chi connectivity index (χ1v) is 7.91. The number of nitrogens with zero attached hydrogens (tertiary/aromatic N) is 1. The number of nitrogens with one attached hydrogen (secondary N) is 2. The lowest BCUT2D eigenvalue weighted by atomic mass is 10.0. The number of rotatable bonds is 4. The normalized spacial score (nSPS) is 18.6. The molecule has 1 atom stereocenters. The Bertz CT molecular complexity index is 625. The van der Waals surface area contributed by atoms with Gasteiger partial charge in [-0.05, 0) is 50.0 Å². The van der Waals surface area contributed by atoms with Gasteiger partial charge in [-0.25, -0.2) is 17.5 Å². The molecule has 1 heterocycles. The van der Waals surface area contributed by atoms with E-state index in [9.17, 15) is 12.8 Å². The summed E-state index contributed by atoms with van der Waals surface area (Å²) in [6.45, 7) is 2.09. The highest BCUT2D eigenvalue weighted by molar-refractivity contribution is 7.89. The molecule has 0 amide bonds. The van der Waals surface area contributed by atoms with Crippen LogP contribution in [-0.2, 0) is 10.0 Å². The summed E-state index contributed by atoms with van der Waals surface area (Å²) in [7, 11) is -3.70. The topological polar surface area (TPSA) is 82.0 Å². The number of sulfonamides is 1. The van der Waals surface area contributed by atoms with Crippen LogP contribution in [0.4, 0.5) is 4.39 Å². The summed E-state index contributed by atoms with van der Waals surface area (Å²) in [4.78, 5) is -0.0841. The monoisotopic (exact) mass is 333 g/mol. The minimum absolute atomic E-state index is 0. The molecular formula is C13H17ClFN3O2S. The molecule has 0 bridgehead atoms. The molecule has 1 unspecified atom stereocenters. The lowest BCUT2D eigenvalue weighted by molar-refractivity contribution is 0.376. The van der Waals surface area contributed by atoms with Crippen LogP contribution in [0.5, 0.6) is 0 Å². The highest BCUT2D eigenvalue weighted by atomic mass is 35.5. The summed E-state index contributed by atoms with van der Waals surface area (Å²) in [5, 5.41) is 11.9. The molecule has 0 aliphatic carbocycles. The Balaban J connectivity index is 0.00000220. The third kappa shape index (κ3) is 4.64. The number of halogens is 2. The highest BCUT2D eigenvalue weighted by Crippen LogP contribution is 2.15. The predicted molar refractivity (Wildman–Crippen MR) is 79.1 cm³/mol. The second-order valence-electron chi connectivity index (χ2n) is 4.82. The average Bonchev–Trinajstić information content (AvgIpc) is 2.46. The Morgan fingerprint density at radius 2 is 2.24 bits per heavy atom. The minimum Gasteiger partial charge on any atom is -0.316 e. The Morgan fingerprint density at radius 1 is 1.48 bits per heavy atom. The average molecular weight is 334 g/mol. The standard InChI is InChI=1S/C13H16FN3O2S.ClH/c14-13-4-3-12(6-11(13)7-15)20(18,19)17-9-10-2-1-5-16-8-10;/h3-4,6,10,16-17H,1-2,5,8-9H2;1H. The molecular weight excluding hydrogens is 317 g/mol. The van der Waals surface area contributed by atoms with Gasteiger partial charge in [-0.2, -0.15) is 5.26 Å². The molecule has 2 rings (SSSR count). The van der Waals surface area contributed by atoms with Gasteiger partial charge in [-0.3, -0.25) is 0 Å². The number of benzene rings is 1. The molecule has 1 aliphatic rings. The molecule has 8 heteroatoms. The van der Waals surface area contributed by atoms with Gasteiger partial charge in [0.1, 0.15) is 11.9 Å². The van der Waals surface area contributed by atoms with E-state index in [4.69, 9.17) is 5.26 Å². The van der Waals surface area contributed by atoms with Crippen molar-refractivity contribution in [3.8, 4) is 6.07 Å². The van der Waals surface area contributed by atoms with Gasteiger partial charge >= 0.3 is 0 Å².